The summed E-state index contributed by atoms with van der Waals surface area (Å²) in [7, 11) is 4.08. The van der Waals surface area contributed by atoms with Crippen molar-refractivity contribution in [2.45, 2.75) is 6.54 Å². The number of H-pyrrole nitrogens is 1. The highest BCUT2D eigenvalue weighted by molar-refractivity contribution is 6.15. The summed E-state index contributed by atoms with van der Waals surface area (Å²) < 4.78 is 0. The number of nitrogens with one attached hydrogen (secondary N) is 1. The molecule has 3 heteroatoms. The fourth-order valence-electron chi connectivity index (χ4n) is 2.62. The van der Waals surface area contributed by atoms with E-state index in [1.807, 2.05) is 62.8 Å². The molecular weight excluding hydrogens is 260 g/mol. The predicted molar refractivity (Wildman–Crippen MR) is 85.6 cm³/mol. The molecule has 1 N–H and O–H groups in total. The molecule has 3 nitrogen and oxygen atoms in total. The molecule has 0 amide bonds. The number of aromatic nitrogens is 1. The molecule has 1 heterocycles. The zero-order valence-corrected chi connectivity index (χ0v) is 12.3. The van der Waals surface area contributed by atoms with E-state index in [0.29, 0.717) is 5.56 Å². The Morgan fingerprint density at radius 3 is 2.52 bits per heavy atom. The minimum absolute atomic E-state index is 0.0550. The van der Waals surface area contributed by atoms with Crippen molar-refractivity contribution in [3.63, 3.8) is 0 Å². The number of hydrogen-bond acceptors (Lipinski definition) is 2. The number of fused-ring (bicyclic) bond motifs is 1. The van der Waals surface area contributed by atoms with Crippen molar-refractivity contribution in [1.29, 1.82) is 0 Å². The summed E-state index contributed by atoms with van der Waals surface area (Å²) in [4.78, 5) is 18.0. The van der Waals surface area contributed by atoms with Crippen LogP contribution < -0.4 is 0 Å². The van der Waals surface area contributed by atoms with E-state index in [1.165, 1.54) is 5.56 Å². The summed E-state index contributed by atoms with van der Waals surface area (Å²) in [6.45, 7) is 0.850. The average molecular weight is 278 g/mol. The molecule has 0 saturated carbocycles. The Hall–Kier alpha value is -2.39. The number of hydrogen-bond donors (Lipinski definition) is 1. The molecule has 0 spiro atoms. The standard InChI is InChI=1S/C18H18N2O/c1-20(2)12-14-11-19-17-15(14)9-6-10-16(17)18(21)13-7-4-3-5-8-13/h3-11,19H,12H2,1-2H3. The molecule has 0 saturated heterocycles. The summed E-state index contributed by atoms with van der Waals surface area (Å²) >= 11 is 0. The molecule has 0 aliphatic carbocycles. The lowest BCUT2D eigenvalue weighted by molar-refractivity contribution is 0.104. The Bertz CT molecular complexity index is 772. The molecule has 0 aliphatic heterocycles. The first-order valence-corrected chi connectivity index (χ1v) is 7.00. The van der Waals surface area contributed by atoms with Gasteiger partial charge in [-0.1, -0.05) is 42.5 Å². The van der Waals surface area contributed by atoms with Crippen LogP contribution in [-0.2, 0) is 6.54 Å². The normalized spacial score (nSPS) is 11.2. The molecule has 2 aromatic carbocycles. The third-order valence-electron chi connectivity index (χ3n) is 3.57. The minimum Gasteiger partial charge on any atom is -0.360 e. The second-order valence-corrected chi connectivity index (χ2v) is 5.47. The van der Waals surface area contributed by atoms with E-state index in [-0.39, 0.29) is 5.78 Å². The predicted octanol–water partition coefficient (Wildman–Crippen LogP) is 3.46. The fourth-order valence-corrected chi connectivity index (χ4v) is 2.62. The summed E-state index contributed by atoms with van der Waals surface area (Å²) in [6, 6.07) is 15.3. The van der Waals surface area contributed by atoms with Crippen LogP contribution in [0.3, 0.4) is 0 Å². The third kappa shape index (κ3) is 2.60. The first kappa shape index (κ1) is 13.6. The Kier molecular flexibility index (Phi) is 3.59. The van der Waals surface area contributed by atoms with Crippen molar-refractivity contribution in [3.8, 4) is 0 Å². The monoisotopic (exact) mass is 278 g/mol. The Morgan fingerprint density at radius 1 is 1.05 bits per heavy atom. The third-order valence-corrected chi connectivity index (χ3v) is 3.57. The van der Waals surface area contributed by atoms with Gasteiger partial charge in [-0.2, -0.15) is 0 Å². The highest BCUT2D eigenvalue weighted by Crippen LogP contribution is 2.24. The first-order chi connectivity index (χ1) is 10.2. The summed E-state index contributed by atoms with van der Waals surface area (Å²) in [5.41, 5.74) is 3.57. The number of ketones is 1. The summed E-state index contributed by atoms with van der Waals surface area (Å²) in [6.07, 6.45) is 1.99. The molecule has 0 bridgehead atoms. The van der Waals surface area contributed by atoms with Gasteiger partial charge in [0.25, 0.3) is 0 Å². The highest BCUT2D eigenvalue weighted by Gasteiger charge is 2.14. The Morgan fingerprint density at radius 2 is 1.81 bits per heavy atom. The van der Waals surface area contributed by atoms with Crippen LogP contribution in [0.15, 0.2) is 54.7 Å². The SMILES string of the molecule is CN(C)Cc1c[nH]c2c(C(=O)c3ccccc3)cccc12. The topological polar surface area (TPSA) is 36.1 Å². The van der Waals surface area contributed by atoms with Crippen LogP contribution in [0.25, 0.3) is 10.9 Å². The molecular formula is C18H18N2O. The molecule has 0 radical (unpaired) electrons. The van der Waals surface area contributed by atoms with Gasteiger partial charge in [-0.05, 0) is 25.7 Å². The van der Waals surface area contributed by atoms with Crippen LogP contribution in [0.1, 0.15) is 21.5 Å². The molecule has 0 aliphatic rings. The van der Waals surface area contributed by atoms with Gasteiger partial charge in [-0.3, -0.25) is 4.79 Å². The number of carbonyl (C=O) groups excluding carboxylic acids is 1. The zero-order chi connectivity index (χ0) is 14.8. The van der Waals surface area contributed by atoms with Gasteiger partial charge >= 0.3 is 0 Å². The van der Waals surface area contributed by atoms with Gasteiger partial charge in [0.2, 0.25) is 0 Å². The number of para-hydroxylation sites is 1. The highest BCUT2D eigenvalue weighted by atomic mass is 16.1. The van der Waals surface area contributed by atoms with E-state index >= 15 is 0 Å². The molecule has 1 aromatic heterocycles. The maximum atomic E-state index is 12.7. The van der Waals surface area contributed by atoms with Crippen LogP contribution in [0, 0.1) is 0 Å². The van der Waals surface area contributed by atoms with E-state index in [4.69, 9.17) is 0 Å². The van der Waals surface area contributed by atoms with Gasteiger partial charge in [0.1, 0.15) is 0 Å². The second kappa shape index (κ2) is 5.54. The van der Waals surface area contributed by atoms with Gasteiger partial charge in [0, 0.05) is 29.3 Å². The van der Waals surface area contributed by atoms with E-state index in [0.717, 1.165) is 23.0 Å². The lowest BCUT2D eigenvalue weighted by Gasteiger charge is -2.08. The first-order valence-electron chi connectivity index (χ1n) is 7.00. The maximum absolute atomic E-state index is 12.7. The fraction of sp³-hybridized carbons (Fsp3) is 0.167. The number of carbonyl (C=O) groups is 1. The summed E-state index contributed by atoms with van der Waals surface area (Å²) in [5, 5.41) is 1.12. The quantitative estimate of drug-likeness (QED) is 0.742. The summed E-state index contributed by atoms with van der Waals surface area (Å²) in [5.74, 6) is 0.0550. The molecule has 3 rings (SSSR count). The van der Waals surface area contributed by atoms with Gasteiger partial charge < -0.3 is 9.88 Å². The van der Waals surface area contributed by atoms with Crippen LogP contribution in [0.2, 0.25) is 0 Å². The van der Waals surface area contributed by atoms with E-state index < -0.39 is 0 Å². The molecule has 0 unspecified atom stereocenters. The molecule has 3 aromatic rings. The van der Waals surface area contributed by atoms with Crippen LogP contribution >= 0.6 is 0 Å². The average Bonchev–Trinajstić information content (AvgIpc) is 2.90. The number of aromatic amines is 1. The Labute approximate surface area is 124 Å². The Balaban J connectivity index is 2.08. The van der Waals surface area contributed by atoms with Crippen molar-refractivity contribution in [2.24, 2.45) is 0 Å². The molecule has 106 valence electrons. The molecule has 21 heavy (non-hydrogen) atoms. The van der Waals surface area contributed by atoms with Crippen molar-refractivity contribution < 1.29 is 4.79 Å². The van der Waals surface area contributed by atoms with Crippen molar-refractivity contribution in [2.75, 3.05) is 14.1 Å². The van der Waals surface area contributed by atoms with Crippen LogP contribution in [0.4, 0.5) is 0 Å². The van der Waals surface area contributed by atoms with Crippen LogP contribution in [0.5, 0.6) is 0 Å². The lowest BCUT2D eigenvalue weighted by atomic mass is 10.0. The zero-order valence-electron chi connectivity index (χ0n) is 12.3. The van der Waals surface area contributed by atoms with Gasteiger partial charge in [0.05, 0.1) is 5.52 Å². The molecule has 0 fully saturated rings. The van der Waals surface area contributed by atoms with Crippen molar-refractivity contribution >= 4 is 16.7 Å². The van der Waals surface area contributed by atoms with Gasteiger partial charge in [0.15, 0.2) is 5.78 Å². The van der Waals surface area contributed by atoms with Crippen LogP contribution in [-0.4, -0.2) is 29.8 Å². The van der Waals surface area contributed by atoms with Crippen molar-refractivity contribution in [3.05, 3.63) is 71.4 Å². The smallest absolute Gasteiger partial charge is 0.195 e. The van der Waals surface area contributed by atoms with Gasteiger partial charge in [-0.15, -0.1) is 0 Å². The number of rotatable bonds is 4. The van der Waals surface area contributed by atoms with E-state index in [2.05, 4.69) is 16.0 Å². The lowest BCUT2D eigenvalue weighted by Crippen LogP contribution is -2.10. The number of benzene rings is 2. The van der Waals surface area contributed by atoms with Gasteiger partial charge in [-0.25, -0.2) is 0 Å². The largest absolute Gasteiger partial charge is 0.360 e. The number of nitrogens with zero attached hydrogens (tertiary/aromatic N) is 1. The second-order valence-electron chi connectivity index (χ2n) is 5.47. The maximum Gasteiger partial charge on any atom is 0.195 e. The molecule has 0 atom stereocenters. The van der Waals surface area contributed by atoms with Crippen molar-refractivity contribution in [1.82, 2.24) is 9.88 Å². The minimum atomic E-state index is 0.0550. The van der Waals surface area contributed by atoms with E-state index in [9.17, 15) is 4.79 Å². The van der Waals surface area contributed by atoms with E-state index in [1.54, 1.807) is 0 Å².